The molecule has 0 aliphatic rings. The average molecular weight is 403 g/mol. The molecule has 0 saturated heterocycles. The van der Waals surface area contributed by atoms with E-state index in [0.717, 1.165) is 12.1 Å². The van der Waals surface area contributed by atoms with Crippen LogP contribution in [0.5, 0.6) is 5.75 Å². The van der Waals surface area contributed by atoms with Gasteiger partial charge in [-0.25, -0.2) is 17.8 Å². The lowest BCUT2D eigenvalue weighted by Crippen LogP contribution is -2.14. The third kappa shape index (κ3) is 3.53. The van der Waals surface area contributed by atoms with Gasteiger partial charge in [0.1, 0.15) is 17.0 Å². The summed E-state index contributed by atoms with van der Waals surface area (Å²) < 4.78 is 41.1. The van der Waals surface area contributed by atoms with E-state index < -0.39 is 26.5 Å². The van der Waals surface area contributed by atoms with Crippen LogP contribution in [0.15, 0.2) is 41.6 Å². The van der Waals surface area contributed by atoms with Crippen LogP contribution in [0.1, 0.15) is 0 Å². The Kier molecular flexibility index (Phi) is 4.55. The number of benzene rings is 2. The Hall–Kier alpha value is -2.36. The minimum atomic E-state index is -4.35. The summed E-state index contributed by atoms with van der Waals surface area (Å²) in [6.07, 6.45) is 1.26. The fraction of sp³-hybridized carbons (Fsp3) is 0. The van der Waals surface area contributed by atoms with Crippen molar-refractivity contribution in [1.82, 2.24) is 15.2 Å². The molecule has 3 N–H and O–H groups in total. The van der Waals surface area contributed by atoms with E-state index in [1.54, 1.807) is 0 Å². The fourth-order valence-corrected chi connectivity index (χ4v) is 3.86. The third-order valence-electron chi connectivity index (χ3n) is 3.18. The first-order valence-electron chi connectivity index (χ1n) is 6.64. The molecule has 130 valence electrons. The fourth-order valence-electron chi connectivity index (χ4n) is 2.04. The van der Waals surface area contributed by atoms with Crippen LogP contribution < -0.4 is 4.72 Å². The van der Waals surface area contributed by atoms with Crippen LogP contribution in [0.25, 0.3) is 11.4 Å². The van der Waals surface area contributed by atoms with Crippen molar-refractivity contribution >= 4 is 38.9 Å². The molecule has 0 fully saturated rings. The van der Waals surface area contributed by atoms with Gasteiger partial charge in [0, 0.05) is 10.6 Å². The zero-order chi connectivity index (χ0) is 18.2. The van der Waals surface area contributed by atoms with Gasteiger partial charge in [-0.1, -0.05) is 23.2 Å². The molecule has 0 bridgehead atoms. The molecule has 0 amide bonds. The minimum absolute atomic E-state index is 0.000873. The molecule has 0 radical (unpaired) electrons. The molecule has 1 aromatic heterocycles. The lowest BCUT2D eigenvalue weighted by atomic mass is 10.2. The summed E-state index contributed by atoms with van der Waals surface area (Å²) in [5, 5.41) is 15.9. The second kappa shape index (κ2) is 6.51. The van der Waals surface area contributed by atoms with Crippen molar-refractivity contribution in [2.24, 2.45) is 0 Å². The van der Waals surface area contributed by atoms with E-state index in [1.807, 2.05) is 0 Å². The van der Waals surface area contributed by atoms with Crippen molar-refractivity contribution in [1.29, 1.82) is 0 Å². The number of rotatable bonds is 4. The highest BCUT2D eigenvalue weighted by Crippen LogP contribution is 2.35. The number of hydrogen-bond donors (Lipinski definition) is 3. The second-order valence-electron chi connectivity index (χ2n) is 4.87. The van der Waals surface area contributed by atoms with E-state index in [-0.39, 0.29) is 15.7 Å². The van der Waals surface area contributed by atoms with Crippen molar-refractivity contribution in [3.05, 3.63) is 52.5 Å². The van der Waals surface area contributed by atoms with Gasteiger partial charge in [0.2, 0.25) is 0 Å². The Morgan fingerprint density at radius 1 is 1.20 bits per heavy atom. The second-order valence-corrected chi connectivity index (χ2v) is 7.36. The van der Waals surface area contributed by atoms with E-state index in [9.17, 15) is 17.9 Å². The summed E-state index contributed by atoms with van der Waals surface area (Å²) in [5.41, 5.74) is 0.0642. The van der Waals surface area contributed by atoms with Gasteiger partial charge in [-0.15, -0.1) is 0 Å². The number of phenolic OH excluding ortho intramolecular Hbond substituents is 1. The van der Waals surface area contributed by atoms with Crippen LogP contribution >= 0.6 is 23.2 Å². The van der Waals surface area contributed by atoms with E-state index in [0.29, 0.717) is 11.4 Å². The largest absolute Gasteiger partial charge is 0.505 e. The number of anilines is 1. The van der Waals surface area contributed by atoms with Crippen molar-refractivity contribution in [2.45, 2.75) is 4.90 Å². The molecule has 7 nitrogen and oxygen atoms in total. The van der Waals surface area contributed by atoms with Crippen molar-refractivity contribution in [3.8, 4) is 17.1 Å². The highest BCUT2D eigenvalue weighted by atomic mass is 35.5. The predicted molar refractivity (Wildman–Crippen MR) is 90.7 cm³/mol. The molecule has 0 saturated carbocycles. The molecule has 3 rings (SSSR count). The summed E-state index contributed by atoms with van der Waals surface area (Å²) in [7, 11) is -4.35. The highest BCUT2D eigenvalue weighted by molar-refractivity contribution is 7.92. The minimum Gasteiger partial charge on any atom is -0.505 e. The number of aromatic hydroxyl groups is 1. The molecule has 1 heterocycles. The maximum Gasteiger partial charge on any atom is 0.265 e. The van der Waals surface area contributed by atoms with Gasteiger partial charge in [-0.2, -0.15) is 5.10 Å². The van der Waals surface area contributed by atoms with Gasteiger partial charge in [0.05, 0.1) is 10.7 Å². The Morgan fingerprint density at radius 3 is 2.64 bits per heavy atom. The smallest absolute Gasteiger partial charge is 0.265 e. The first-order chi connectivity index (χ1) is 11.8. The number of H-pyrrole nitrogens is 1. The standard InChI is InChI=1S/C14H9Cl2FN4O3S/c15-8-4-9(16)13(22)12(5-8)25(23,24)21-11-3-7(1-2-10(11)17)14-18-6-19-20-14/h1-6,21-22H,(H,18,19,20). The molecule has 0 spiro atoms. The predicted octanol–water partition coefficient (Wildman–Crippen LogP) is 3.42. The number of phenols is 1. The summed E-state index contributed by atoms with van der Waals surface area (Å²) in [4.78, 5) is 3.33. The number of aromatic nitrogens is 3. The maximum atomic E-state index is 14.0. The molecular formula is C14H9Cl2FN4O3S. The molecule has 0 aliphatic heterocycles. The quantitative estimate of drug-likeness (QED) is 0.619. The number of halogens is 3. The molecular weight excluding hydrogens is 394 g/mol. The molecule has 0 aliphatic carbocycles. The molecule has 3 aromatic rings. The normalized spacial score (nSPS) is 11.5. The topological polar surface area (TPSA) is 108 Å². The third-order valence-corrected chi connectivity index (χ3v) is 5.07. The number of hydrogen-bond acceptors (Lipinski definition) is 5. The van der Waals surface area contributed by atoms with Crippen LogP contribution in [0, 0.1) is 5.82 Å². The zero-order valence-electron chi connectivity index (χ0n) is 12.2. The van der Waals surface area contributed by atoms with E-state index >= 15 is 0 Å². The first-order valence-corrected chi connectivity index (χ1v) is 8.88. The zero-order valence-corrected chi connectivity index (χ0v) is 14.5. The molecule has 0 atom stereocenters. The molecule has 0 unspecified atom stereocenters. The van der Waals surface area contributed by atoms with Gasteiger partial charge in [0.15, 0.2) is 11.6 Å². The van der Waals surface area contributed by atoms with E-state index in [1.165, 1.54) is 24.5 Å². The molecule has 11 heteroatoms. The van der Waals surface area contributed by atoms with E-state index in [4.69, 9.17) is 23.2 Å². The molecule has 2 aromatic carbocycles. The summed E-state index contributed by atoms with van der Waals surface area (Å²) in [6, 6.07) is 5.89. The Labute approximate surface area is 151 Å². The number of nitrogens with one attached hydrogen (secondary N) is 2. The van der Waals surface area contributed by atoms with Crippen LogP contribution in [-0.4, -0.2) is 28.7 Å². The maximum absolute atomic E-state index is 14.0. The number of aromatic amines is 1. The van der Waals surface area contributed by atoms with Crippen LogP contribution in [0.4, 0.5) is 10.1 Å². The van der Waals surface area contributed by atoms with Crippen molar-refractivity contribution in [3.63, 3.8) is 0 Å². The van der Waals surface area contributed by atoms with Gasteiger partial charge < -0.3 is 5.11 Å². The van der Waals surface area contributed by atoms with E-state index in [2.05, 4.69) is 19.9 Å². The summed E-state index contributed by atoms with van der Waals surface area (Å²) in [6.45, 7) is 0. The van der Waals surface area contributed by atoms with Crippen LogP contribution in [0.2, 0.25) is 10.0 Å². The average Bonchev–Trinajstić information content (AvgIpc) is 3.07. The Balaban J connectivity index is 2.03. The first kappa shape index (κ1) is 17.5. The molecule has 25 heavy (non-hydrogen) atoms. The van der Waals surface area contributed by atoms with Crippen LogP contribution in [0.3, 0.4) is 0 Å². The Morgan fingerprint density at radius 2 is 1.96 bits per heavy atom. The van der Waals surface area contributed by atoms with Crippen molar-refractivity contribution < 1.29 is 17.9 Å². The van der Waals surface area contributed by atoms with Gasteiger partial charge in [-0.3, -0.25) is 9.82 Å². The lowest BCUT2D eigenvalue weighted by Gasteiger charge is -2.12. The Bertz CT molecular complexity index is 1040. The van der Waals surface area contributed by atoms with Gasteiger partial charge >= 0.3 is 0 Å². The number of nitrogens with zero attached hydrogens (tertiary/aromatic N) is 2. The van der Waals surface area contributed by atoms with Gasteiger partial charge in [-0.05, 0) is 30.3 Å². The summed E-state index contributed by atoms with van der Waals surface area (Å²) in [5.74, 6) is -1.18. The monoisotopic (exact) mass is 402 g/mol. The highest BCUT2D eigenvalue weighted by Gasteiger charge is 2.23. The SMILES string of the molecule is O=S(=O)(Nc1cc(-c2ncn[nH]2)ccc1F)c1cc(Cl)cc(Cl)c1O. The van der Waals surface area contributed by atoms with Crippen LogP contribution in [-0.2, 0) is 10.0 Å². The number of sulfonamides is 1. The van der Waals surface area contributed by atoms with Crippen molar-refractivity contribution in [2.75, 3.05) is 4.72 Å². The summed E-state index contributed by atoms with van der Waals surface area (Å²) >= 11 is 11.5. The lowest BCUT2D eigenvalue weighted by molar-refractivity contribution is 0.459. The van der Waals surface area contributed by atoms with Gasteiger partial charge in [0.25, 0.3) is 10.0 Å².